The average Bonchev–Trinajstić information content (AvgIpc) is 3.42. The zero-order chi connectivity index (χ0) is 22.2. The van der Waals surface area contributed by atoms with Crippen LogP contribution in [0, 0.1) is 31.5 Å². The first-order valence-corrected chi connectivity index (χ1v) is 11.5. The van der Waals surface area contributed by atoms with Crippen LogP contribution in [0.1, 0.15) is 60.7 Å². The molecule has 1 saturated heterocycles. The Morgan fingerprint density at radius 1 is 1.09 bits per heavy atom. The molecule has 32 heavy (non-hydrogen) atoms. The summed E-state index contributed by atoms with van der Waals surface area (Å²) >= 11 is 0. The first kappa shape index (κ1) is 21.1. The van der Waals surface area contributed by atoms with Gasteiger partial charge in [0.2, 0.25) is 5.91 Å². The molecule has 7 heteroatoms. The minimum Gasteiger partial charge on any atom is -0.286 e. The second-order valence-corrected chi connectivity index (χ2v) is 9.25. The minimum absolute atomic E-state index is 0.00314. The highest BCUT2D eigenvalue weighted by Gasteiger charge is 2.37. The van der Waals surface area contributed by atoms with Crippen molar-refractivity contribution in [1.82, 2.24) is 19.7 Å². The Morgan fingerprint density at radius 3 is 2.59 bits per heavy atom. The Hall–Kier alpha value is -2.80. The fourth-order valence-electron chi connectivity index (χ4n) is 5.25. The summed E-state index contributed by atoms with van der Waals surface area (Å²) in [7, 11) is 0. The van der Waals surface area contributed by atoms with Gasteiger partial charge in [0.25, 0.3) is 0 Å². The predicted molar refractivity (Wildman–Crippen MR) is 118 cm³/mol. The van der Waals surface area contributed by atoms with Gasteiger partial charge in [-0.25, -0.2) is 9.45 Å². The Kier molecular flexibility index (Phi) is 5.67. The monoisotopic (exact) mass is 436 g/mol. The van der Waals surface area contributed by atoms with Gasteiger partial charge in [-0.3, -0.25) is 14.0 Å². The molecule has 0 N–H and O–H groups in total. The van der Waals surface area contributed by atoms with Gasteiger partial charge in [0.15, 0.2) is 5.65 Å². The van der Waals surface area contributed by atoms with Gasteiger partial charge in [-0.1, -0.05) is 18.2 Å². The first-order chi connectivity index (χ1) is 15.5. The van der Waals surface area contributed by atoms with E-state index in [-0.39, 0.29) is 23.7 Å². The SMILES string of the molecule is Cc1cc(CC2CCC(C(=O)N3OCC[C@H]3c3ccc(F)cc3)CC2)cn2c(C)nnc12. The summed E-state index contributed by atoms with van der Waals surface area (Å²) < 4.78 is 15.4. The molecule has 0 radical (unpaired) electrons. The Balaban J connectivity index is 1.21. The molecule has 5 rings (SSSR count). The molecule has 168 valence electrons. The quantitative estimate of drug-likeness (QED) is 0.593. The predicted octanol–water partition coefficient (Wildman–Crippen LogP) is 4.74. The Bertz CT molecular complexity index is 1120. The summed E-state index contributed by atoms with van der Waals surface area (Å²) in [6, 6.07) is 8.49. The molecule has 0 spiro atoms. The summed E-state index contributed by atoms with van der Waals surface area (Å²) in [4.78, 5) is 18.9. The Labute approximate surface area is 187 Å². The lowest BCUT2D eigenvalue weighted by atomic mass is 9.79. The topological polar surface area (TPSA) is 59.7 Å². The molecule has 1 amide bonds. The maximum absolute atomic E-state index is 13.3. The normalized spacial score (nSPS) is 23.7. The summed E-state index contributed by atoms with van der Waals surface area (Å²) in [6.07, 6.45) is 7.73. The van der Waals surface area contributed by atoms with Crippen molar-refractivity contribution in [2.45, 2.75) is 58.4 Å². The second-order valence-electron chi connectivity index (χ2n) is 9.25. The number of rotatable bonds is 4. The maximum atomic E-state index is 13.3. The summed E-state index contributed by atoms with van der Waals surface area (Å²) in [6.45, 7) is 4.57. The highest BCUT2D eigenvalue weighted by molar-refractivity contribution is 5.78. The number of hydrogen-bond acceptors (Lipinski definition) is 4. The van der Waals surface area contributed by atoms with Crippen LogP contribution in [0.25, 0.3) is 5.65 Å². The van der Waals surface area contributed by atoms with Gasteiger partial charge in [-0.2, -0.15) is 0 Å². The van der Waals surface area contributed by atoms with Crippen LogP contribution >= 0.6 is 0 Å². The van der Waals surface area contributed by atoms with Gasteiger partial charge < -0.3 is 0 Å². The number of amides is 1. The van der Waals surface area contributed by atoms with E-state index in [1.807, 2.05) is 6.92 Å². The summed E-state index contributed by atoms with van der Waals surface area (Å²) in [5.41, 5.74) is 4.29. The van der Waals surface area contributed by atoms with Crippen molar-refractivity contribution in [2.24, 2.45) is 11.8 Å². The number of benzene rings is 1. The lowest BCUT2D eigenvalue weighted by Gasteiger charge is -2.32. The largest absolute Gasteiger partial charge is 0.286 e. The number of hydroxylamine groups is 2. The molecule has 0 unspecified atom stereocenters. The molecule has 2 aromatic heterocycles. The fraction of sp³-hybridized carbons (Fsp3) is 0.480. The average molecular weight is 437 g/mol. The van der Waals surface area contributed by atoms with Crippen molar-refractivity contribution in [1.29, 1.82) is 0 Å². The van der Waals surface area contributed by atoms with E-state index in [9.17, 15) is 9.18 Å². The minimum atomic E-state index is -0.266. The van der Waals surface area contributed by atoms with Gasteiger partial charge >= 0.3 is 0 Å². The molecule has 1 atom stereocenters. The number of aromatic nitrogens is 3. The number of fused-ring (bicyclic) bond motifs is 1. The number of carbonyl (C=O) groups excluding carboxylic acids is 1. The van der Waals surface area contributed by atoms with Crippen LogP contribution in [0.15, 0.2) is 36.5 Å². The highest BCUT2D eigenvalue weighted by atomic mass is 19.1. The molecule has 1 saturated carbocycles. The van der Waals surface area contributed by atoms with E-state index in [2.05, 4.69) is 33.8 Å². The number of carbonyl (C=O) groups is 1. The molecule has 3 aromatic rings. The van der Waals surface area contributed by atoms with E-state index >= 15 is 0 Å². The van der Waals surface area contributed by atoms with Crippen LogP contribution in [-0.4, -0.2) is 32.2 Å². The van der Waals surface area contributed by atoms with Gasteiger partial charge in [0.05, 0.1) is 12.6 Å². The standard InChI is InChI=1S/C25H29FN4O2/c1-16-13-19(15-29-17(2)27-28-24(16)29)14-18-3-5-21(6-4-18)25(31)30-23(11-12-32-30)20-7-9-22(26)10-8-20/h7-10,13,15,18,21,23H,3-6,11-12,14H2,1-2H3/t18?,21?,23-/m0/s1. The first-order valence-electron chi connectivity index (χ1n) is 11.5. The van der Waals surface area contributed by atoms with Crippen LogP contribution in [0.3, 0.4) is 0 Å². The molecular formula is C25H29FN4O2. The van der Waals surface area contributed by atoms with E-state index < -0.39 is 0 Å². The van der Waals surface area contributed by atoms with Crippen LogP contribution < -0.4 is 0 Å². The molecule has 2 fully saturated rings. The molecule has 3 heterocycles. The van der Waals surface area contributed by atoms with E-state index in [0.29, 0.717) is 12.5 Å². The highest BCUT2D eigenvalue weighted by Crippen LogP contribution is 2.37. The van der Waals surface area contributed by atoms with Crippen molar-refractivity contribution >= 4 is 11.6 Å². The zero-order valence-electron chi connectivity index (χ0n) is 18.6. The van der Waals surface area contributed by atoms with Crippen LogP contribution in [0.4, 0.5) is 4.39 Å². The molecule has 6 nitrogen and oxygen atoms in total. The van der Waals surface area contributed by atoms with Crippen LogP contribution in [-0.2, 0) is 16.1 Å². The number of hydrogen-bond donors (Lipinski definition) is 0. The van der Waals surface area contributed by atoms with E-state index in [1.165, 1.54) is 17.7 Å². The molecule has 1 aromatic carbocycles. The maximum Gasteiger partial charge on any atom is 0.249 e. The lowest BCUT2D eigenvalue weighted by molar-refractivity contribution is -0.183. The summed E-state index contributed by atoms with van der Waals surface area (Å²) in [5.74, 6) is 1.28. The third kappa shape index (κ3) is 4.01. The third-order valence-corrected chi connectivity index (χ3v) is 7.01. The molecule has 0 bridgehead atoms. The molecule has 1 aliphatic heterocycles. The van der Waals surface area contributed by atoms with Crippen molar-refractivity contribution < 1.29 is 14.0 Å². The van der Waals surface area contributed by atoms with Gasteiger partial charge in [0, 0.05) is 18.5 Å². The lowest BCUT2D eigenvalue weighted by Crippen LogP contribution is -2.36. The van der Waals surface area contributed by atoms with E-state index in [4.69, 9.17) is 4.84 Å². The number of halogens is 1. The molecule has 1 aliphatic carbocycles. The number of aryl methyl sites for hydroxylation is 2. The van der Waals surface area contributed by atoms with Crippen molar-refractivity contribution in [2.75, 3.05) is 6.61 Å². The third-order valence-electron chi connectivity index (χ3n) is 7.01. The summed E-state index contributed by atoms with van der Waals surface area (Å²) in [5, 5.41) is 9.99. The second kappa shape index (κ2) is 8.62. The van der Waals surface area contributed by atoms with Crippen molar-refractivity contribution in [3.8, 4) is 0 Å². The Morgan fingerprint density at radius 2 is 1.84 bits per heavy atom. The van der Waals surface area contributed by atoms with Crippen molar-refractivity contribution in [3.63, 3.8) is 0 Å². The fourth-order valence-corrected chi connectivity index (χ4v) is 5.25. The van der Waals surface area contributed by atoms with Gasteiger partial charge in [-0.15, -0.1) is 10.2 Å². The van der Waals surface area contributed by atoms with Crippen LogP contribution in [0.2, 0.25) is 0 Å². The van der Waals surface area contributed by atoms with Gasteiger partial charge in [-0.05, 0) is 80.7 Å². The van der Waals surface area contributed by atoms with E-state index in [1.54, 1.807) is 17.2 Å². The van der Waals surface area contributed by atoms with Crippen molar-refractivity contribution in [3.05, 3.63) is 64.9 Å². The zero-order valence-corrected chi connectivity index (χ0v) is 18.6. The smallest absolute Gasteiger partial charge is 0.249 e. The molecular weight excluding hydrogens is 407 g/mol. The molecule has 2 aliphatic rings. The van der Waals surface area contributed by atoms with Gasteiger partial charge in [0.1, 0.15) is 11.6 Å². The number of pyridine rings is 1. The number of nitrogens with zero attached hydrogens (tertiary/aromatic N) is 4. The van der Waals surface area contributed by atoms with Crippen LogP contribution in [0.5, 0.6) is 0 Å². The van der Waals surface area contributed by atoms with E-state index in [0.717, 1.165) is 61.1 Å².